The molecule has 0 spiro atoms. The number of hydrogen-bond donors (Lipinski definition) is 2. The number of methoxy groups -OCH3 is 2. The third kappa shape index (κ3) is 4.88. The van der Waals surface area contributed by atoms with Crippen molar-refractivity contribution < 1.29 is 9.47 Å². The van der Waals surface area contributed by atoms with Crippen molar-refractivity contribution in [2.75, 3.05) is 27.3 Å². The van der Waals surface area contributed by atoms with E-state index in [0.29, 0.717) is 12.0 Å². The highest BCUT2D eigenvalue weighted by molar-refractivity contribution is 5.91. The lowest BCUT2D eigenvalue weighted by Crippen LogP contribution is -2.62. The van der Waals surface area contributed by atoms with Crippen molar-refractivity contribution >= 4 is 10.9 Å². The van der Waals surface area contributed by atoms with E-state index in [1.165, 1.54) is 60.8 Å². The van der Waals surface area contributed by atoms with E-state index < -0.39 is 0 Å². The average molecular weight is 490 g/mol. The zero-order chi connectivity index (χ0) is 25.7. The Kier molecular flexibility index (Phi) is 6.59. The van der Waals surface area contributed by atoms with Crippen molar-refractivity contribution in [3.05, 3.63) is 47.5 Å². The van der Waals surface area contributed by atoms with Crippen LogP contribution in [-0.4, -0.2) is 54.3 Å². The molecule has 0 atom stereocenters. The van der Waals surface area contributed by atoms with E-state index >= 15 is 0 Å². The van der Waals surface area contributed by atoms with Gasteiger partial charge < -0.3 is 24.7 Å². The number of piperidine rings is 2. The van der Waals surface area contributed by atoms with Crippen molar-refractivity contribution in [3.63, 3.8) is 0 Å². The summed E-state index contributed by atoms with van der Waals surface area (Å²) in [6.45, 7) is 14.1. The lowest BCUT2D eigenvalue weighted by Gasteiger charge is -2.51. The zero-order valence-corrected chi connectivity index (χ0v) is 23.1. The number of aromatic amines is 1. The summed E-state index contributed by atoms with van der Waals surface area (Å²) < 4.78 is 11.0. The number of hydrogen-bond acceptors (Lipinski definition) is 4. The van der Waals surface area contributed by atoms with Crippen molar-refractivity contribution in [1.29, 1.82) is 0 Å². The second-order valence-electron chi connectivity index (χ2n) is 12.3. The summed E-state index contributed by atoms with van der Waals surface area (Å²) in [4.78, 5) is 6.43. The molecule has 0 saturated carbocycles. The normalized spacial score (nSPS) is 21.1. The third-order valence-electron chi connectivity index (χ3n) is 8.44. The number of H-pyrrole nitrogens is 1. The molecule has 5 heteroatoms. The van der Waals surface area contributed by atoms with Gasteiger partial charge in [0, 0.05) is 39.3 Å². The molecule has 2 N–H and O–H groups in total. The van der Waals surface area contributed by atoms with Gasteiger partial charge in [0.1, 0.15) is 0 Å². The monoisotopic (exact) mass is 489 g/mol. The Balaban J connectivity index is 1.33. The molecule has 2 saturated heterocycles. The zero-order valence-electron chi connectivity index (χ0n) is 23.1. The Labute approximate surface area is 216 Å². The first-order valence-corrected chi connectivity index (χ1v) is 13.5. The van der Waals surface area contributed by atoms with Crippen LogP contribution in [-0.2, 0) is 0 Å². The van der Waals surface area contributed by atoms with Gasteiger partial charge in [-0.15, -0.1) is 0 Å². The predicted octanol–water partition coefficient (Wildman–Crippen LogP) is 6.65. The van der Waals surface area contributed by atoms with Crippen LogP contribution in [0, 0.1) is 6.92 Å². The Morgan fingerprint density at radius 2 is 1.53 bits per heavy atom. The van der Waals surface area contributed by atoms with Gasteiger partial charge in [-0.05, 0) is 121 Å². The summed E-state index contributed by atoms with van der Waals surface area (Å²) in [7, 11) is 3.36. The summed E-state index contributed by atoms with van der Waals surface area (Å²) in [5.74, 6) is 2.13. The van der Waals surface area contributed by atoms with Gasteiger partial charge in [-0.25, -0.2) is 0 Å². The van der Waals surface area contributed by atoms with E-state index in [9.17, 15) is 0 Å². The molecule has 0 radical (unpaired) electrons. The van der Waals surface area contributed by atoms with E-state index in [2.05, 4.69) is 80.2 Å². The minimum absolute atomic E-state index is 0.200. The van der Waals surface area contributed by atoms with Crippen molar-refractivity contribution in [3.8, 4) is 22.8 Å². The van der Waals surface area contributed by atoms with Gasteiger partial charge in [0.15, 0.2) is 11.5 Å². The van der Waals surface area contributed by atoms with Crippen LogP contribution in [0.15, 0.2) is 36.4 Å². The molecule has 3 aromatic rings. The smallest absolute Gasteiger partial charge is 0.161 e. The number of aromatic nitrogens is 1. The van der Waals surface area contributed by atoms with Crippen LogP contribution in [0.4, 0.5) is 0 Å². The number of rotatable bonds is 5. The molecule has 0 bridgehead atoms. The van der Waals surface area contributed by atoms with Gasteiger partial charge in [-0.3, -0.25) is 0 Å². The van der Waals surface area contributed by atoms with Crippen LogP contribution in [0.25, 0.3) is 22.2 Å². The SMILES string of the molecule is COc1ccc(-c2[nH]c3ccc(C4CCN(C5CC(C)(C)NC(C)(C)C5)CC4)cc3c2C)cc1OC. The molecule has 0 amide bonds. The van der Waals surface area contributed by atoms with Crippen molar-refractivity contribution in [2.45, 2.75) is 83.3 Å². The maximum atomic E-state index is 5.54. The van der Waals surface area contributed by atoms with Crippen LogP contribution < -0.4 is 14.8 Å². The second-order valence-corrected chi connectivity index (χ2v) is 12.3. The fourth-order valence-corrected chi connectivity index (χ4v) is 7.00. The Bertz CT molecular complexity index is 1220. The standard InChI is InChI=1S/C31H43N3O2/c1-20-25-16-22(8-10-26(25)32-29(20)23-9-11-27(35-6)28(17-23)36-7)21-12-14-34(15-13-21)24-18-30(2,3)33-31(4,5)19-24/h8-11,16-17,21,24,32-33H,12-15,18-19H2,1-7H3. The summed E-state index contributed by atoms with van der Waals surface area (Å²) in [6, 6.07) is 13.8. The molecule has 2 aromatic carbocycles. The quantitative estimate of drug-likeness (QED) is 0.421. The van der Waals surface area contributed by atoms with E-state index in [1.54, 1.807) is 14.2 Å². The van der Waals surface area contributed by atoms with Crippen LogP contribution in [0.1, 0.15) is 70.4 Å². The number of nitrogens with zero attached hydrogens (tertiary/aromatic N) is 1. The maximum Gasteiger partial charge on any atom is 0.161 e. The minimum Gasteiger partial charge on any atom is -0.493 e. The van der Waals surface area contributed by atoms with Crippen LogP contribution in [0.3, 0.4) is 0 Å². The van der Waals surface area contributed by atoms with Gasteiger partial charge in [0.25, 0.3) is 0 Å². The highest BCUT2D eigenvalue weighted by Gasteiger charge is 2.40. The fourth-order valence-electron chi connectivity index (χ4n) is 7.00. The fraction of sp³-hybridized carbons (Fsp3) is 0.548. The van der Waals surface area contributed by atoms with Gasteiger partial charge >= 0.3 is 0 Å². The second kappa shape index (κ2) is 9.42. The Morgan fingerprint density at radius 3 is 2.17 bits per heavy atom. The largest absolute Gasteiger partial charge is 0.493 e. The number of ether oxygens (including phenoxy) is 2. The van der Waals surface area contributed by atoms with Crippen LogP contribution in [0.5, 0.6) is 11.5 Å². The molecule has 0 aliphatic carbocycles. The topological polar surface area (TPSA) is 49.5 Å². The molecule has 194 valence electrons. The molecule has 5 nitrogen and oxygen atoms in total. The lowest BCUT2D eigenvalue weighted by molar-refractivity contribution is 0.0511. The molecule has 2 aliphatic heterocycles. The van der Waals surface area contributed by atoms with Crippen molar-refractivity contribution in [2.24, 2.45) is 0 Å². The van der Waals surface area contributed by atoms with E-state index in [0.717, 1.165) is 22.8 Å². The average Bonchev–Trinajstić information content (AvgIpc) is 3.17. The summed E-state index contributed by atoms with van der Waals surface area (Å²) in [6.07, 6.45) is 4.94. The minimum atomic E-state index is 0.200. The van der Waals surface area contributed by atoms with Gasteiger partial charge in [0.2, 0.25) is 0 Å². The molecule has 5 rings (SSSR count). The maximum absolute atomic E-state index is 5.54. The summed E-state index contributed by atoms with van der Waals surface area (Å²) in [5, 5.41) is 5.16. The first-order chi connectivity index (χ1) is 17.1. The highest BCUT2D eigenvalue weighted by Crippen LogP contribution is 2.39. The van der Waals surface area contributed by atoms with Crippen LogP contribution in [0.2, 0.25) is 0 Å². The predicted molar refractivity (Wildman–Crippen MR) is 149 cm³/mol. The Hall–Kier alpha value is -2.50. The number of fused-ring (bicyclic) bond motifs is 1. The molecule has 2 fully saturated rings. The number of aryl methyl sites for hydroxylation is 1. The van der Waals surface area contributed by atoms with Gasteiger partial charge in [-0.1, -0.05) is 6.07 Å². The van der Waals surface area contributed by atoms with E-state index in [4.69, 9.17) is 9.47 Å². The summed E-state index contributed by atoms with van der Waals surface area (Å²) >= 11 is 0. The molecule has 2 aliphatic rings. The molecule has 3 heterocycles. The first kappa shape index (κ1) is 25.2. The number of nitrogens with one attached hydrogen (secondary N) is 2. The Morgan fingerprint density at radius 1 is 0.861 bits per heavy atom. The highest BCUT2D eigenvalue weighted by atomic mass is 16.5. The number of benzene rings is 2. The molecular formula is C31H43N3O2. The lowest BCUT2D eigenvalue weighted by atomic mass is 9.78. The van der Waals surface area contributed by atoms with Crippen LogP contribution >= 0.6 is 0 Å². The van der Waals surface area contributed by atoms with E-state index in [1.807, 2.05) is 6.07 Å². The summed E-state index contributed by atoms with van der Waals surface area (Å²) in [5.41, 5.74) is 6.62. The first-order valence-electron chi connectivity index (χ1n) is 13.5. The molecule has 0 unspecified atom stereocenters. The van der Waals surface area contributed by atoms with Gasteiger partial charge in [-0.2, -0.15) is 0 Å². The number of likely N-dealkylation sites (tertiary alicyclic amines) is 1. The van der Waals surface area contributed by atoms with Crippen molar-refractivity contribution in [1.82, 2.24) is 15.2 Å². The third-order valence-corrected chi connectivity index (χ3v) is 8.44. The molecular weight excluding hydrogens is 446 g/mol. The van der Waals surface area contributed by atoms with E-state index in [-0.39, 0.29) is 11.1 Å². The molecule has 1 aromatic heterocycles. The molecule has 36 heavy (non-hydrogen) atoms. The van der Waals surface area contributed by atoms with Gasteiger partial charge in [0.05, 0.1) is 14.2 Å².